The first-order valence-electron chi connectivity index (χ1n) is 5.80. The quantitative estimate of drug-likeness (QED) is 0.651. The summed E-state index contributed by atoms with van der Waals surface area (Å²) in [7, 11) is 0. The molecule has 0 unspecified atom stereocenters. The average Bonchev–Trinajstić information content (AvgIpc) is 2.55. The number of rotatable bonds is 0. The van der Waals surface area contributed by atoms with Crippen LogP contribution in [0.3, 0.4) is 0 Å². The number of aryl methyl sites for hydroxylation is 2. The van der Waals surface area contributed by atoms with Crippen LogP contribution in [0.5, 0.6) is 0 Å². The van der Waals surface area contributed by atoms with Crippen molar-refractivity contribution < 1.29 is 0 Å². The Balaban J connectivity index is 2.15. The summed E-state index contributed by atoms with van der Waals surface area (Å²) in [5, 5.41) is 1.42. The van der Waals surface area contributed by atoms with E-state index in [1.165, 1.54) is 48.7 Å². The first kappa shape index (κ1) is 9.34. The van der Waals surface area contributed by atoms with Crippen LogP contribution in [0.25, 0.3) is 10.2 Å². The van der Waals surface area contributed by atoms with Gasteiger partial charge in [-0.05, 0) is 37.3 Å². The molecule has 1 aliphatic rings. The molecule has 2 aromatic heterocycles. The monoisotopic (exact) mass is 217 g/mol. The van der Waals surface area contributed by atoms with Crippen LogP contribution in [-0.4, -0.2) is 4.98 Å². The number of nitrogens with zero attached hydrogens (tertiary/aromatic N) is 1. The molecule has 0 amide bonds. The topological polar surface area (TPSA) is 12.9 Å². The maximum absolute atomic E-state index is 4.47. The average molecular weight is 217 g/mol. The summed E-state index contributed by atoms with van der Waals surface area (Å²) >= 11 is 1.91. The van der Waals surface area contributed by atoms with E-state index in [1.807, 2.05) is 17.5 Å². The summed E-state index contributed by atoms with van der Waals surface area (Å²) < 4.78 is 0. The van der Waals surface area contributed by atoms with Crippen molar-refractivity contribution in [2.45, 2.75) is 38.5 Å². The lowest BCUT2D eigenvalue weighted by molar-refractivity contribution is 0.624. The van der Waals surface area contributed by atoms with E-state index in [0.717, 1.165) is 0 Å². The summed E-state index contributed by atoms with van der Waals surface area (Å²) in [4.78, 5) is 7.31. The molecule has 0 aromatic carbocycles. The summed E-state index contributed by atoms with van der Waals surface area (Å²) in [6.45, 7) is 0. The van der Waals surface area contributed by atoms with E-state index >= 15 is 0 Å². The van der Waals surface area contributed by atoms with Crippen LogP contribution >= 0.6 is 11.3 Å². The highest BCUT2D eigenvalue weighted by atomic mass is 32.1. The Morgan fingerprint density at radius 2 is 1.93 bits per heavy atom. The minimum atomic E-state index is 1.24. The fraction of sp³-hybridized carbons (Fsp3) is 0.462. The molecule has 0 N–H and O–H groups in total. The zero-order valence-corrected chi connectivity index (χ0v) is 9.65. The van der Waals surface area contributed by atoms with E-state index in [0.29, 0.717) is 0 Å². The SMILES string of the molecule is c1cnc2sc3c(c2c1)CCCCCC3. The number of aromatic nitrogens is 1. The second-order valence-corrected chi connectivity index (χ2v) is 5.36. The van der Waals surface area contributed by atoms with E-state index in [9.17, 15) is 0 Å². The van der Waals surface area contributed by atoms with Crippen molar-refractivity contribution >= 4 is 21.6 Å². The van der Waals surface area contributed by atoms with Crippen LogP contribution in [0.2, 0.25) is 0 Å². The van der Waals surface area contributed by atoms with Crippen molar-refractivity contribution in [1.29, 1.82) is 0 Å². The Morgan fingerprint density at radius 1 is 1.07 bits per heavy atom. The minimum absolute atomic E-state index is 1.24. The number of pyridine rings is 1. The van der Waals surface area contributed by atoms with Gasteiger partial charge >= 0.3 is 0 Å². The van der Waals surface area contributed by atoms with E-state index in [4.69, 9.17) is 0 Å². The standard InChI is InChI=1S/C13H15NS/c1-2-4-8-12-10(6-3-1)11-7-5-9-14-13(11)15-12/h5,7,9H,1-4,6,8H2. The molecule has 1 nitrogen and oxygen atoms in total. The highest BCUT2D eigenvalue weighted by Gasteiger charge is 2.13. The zero-order valence-electron chi connectivity index (χ0n) is 8.83. The maximum atomic E-state index is 4.47. The number of hydrogen-bond donors (Lipinski definition) is 0. The summed E-state index contributed by atoms with van der Waals surface area (Å²) in [6.07, 6.45) is 9.97. The van der Waals surface area contributed by atoms with E-state index in [-0.39, 0.29) is 0 Å². The summed E-state index contributed by atoms with van der Waals surface area (Å²) in [5.74, 6) is 0. The second kappa shape index (κ2) is 3.93. The predicted molar refractivity (Wildman–Crippen MR) is 65.5 cm³/mol. The van der Waals surface area contributed by atoms with Gasteiger partial charge in [0, 0.05) is 16.5 Å². The first-order chi connectivity index (χ1) is 7.45. The van der Waals surface area contributed by atoms with Crippen molar-refractivity contribution in [2.75, 3.05) is 0 Å². The normalized spacial score (nSPS) is 17.1. The smallest absolute Gasteiger partial charge is 0.123 e. The third-order valence-electron chi connectivity index (χ3n) is 3.23. The van der Waals surface area contributed by atoms with Gasteiger partial charge in [-0.3, -0.25) is 0 Å². The van der Waals surface area contributed by atoms with Crippen LogP contribution in [0, 0.1) is 0 Å². The van der Waals surface area contributed by atoms with Crippen LogP contribution in [0.15, 0.2) is 18.3 Å². The molecule has 1 aliphatic carbocycles. The molecule has 0 bridgehead atoms. The number of thiophene rings is 1. The van der Waals surface area contributed by atoms with Gasteiger partial charge in [-0.2, -0.15) is 0 Å². The Morgan fingerprint density at radius 3 is 2.87 bits per heavy atom. The van der Waals surface area contributed by atoms with Crippen molar-refractivity contribution in [1.82, 2.24) is 4.98 Å². The van der Waals surface area contributed by atoms with Gasteiger partial charge in [-0.15, -0.1) is 11.3 Å². The first-order valence-corrected chi connectivity index (χ1v) is 6.62. The lowest BCUT2D eigenvalue weighted by atomic mass is 9.98. The molecule has 0 fully saturated rings. The third kappa shape index (κ3) is 1.67. The van der Waals surface area contributed by atoms with Gasteiger partial charge in [0.15, 0.2) is 0 Å². The molecule has 2 heterocycles. The minimum Gasteiger partial charge on any atom is -0.245 e. The van der Waals surface area contributed by atoms with E-state index in [2.05, 4.69) is 17.1 Å². The molecule has 0 aliphatic heterocycles. The zero-order chi connectivity index (χ0) is 10.1. The molecule has 2 heteroatoms. The van der Waals surface area contributed by atoms with Crippen LogP contribution < -0.4 is 0 Å². The largest absolute Gasteiger partial charge is 0.245 e. The summed E-state index contributed by atoms with van der Waals surface area (Å²) in [5.41, 5.74) is 1.60. The van der Waals surface area contributed by atoms with Crippen molar-refractivity contribution in [3.05, 3.63) is 28.8 Å². The lowest BCUT2D eigenvalue weighted by Gasteiger charge is -2.08. The Bertz CT molecular complexity index is 472. The van der Waals surface area contributed by atoms with Crippen LogP contribution in [-0.2, 0) is 12.8 Å². The van der Waals surface area contributed by atoms with E-state index < -0.39 is 0 Å². The molecule has 0 radical (unpaired) electrons. The van der Waals surface area contributed by atoms with Gasteiger partial charge in [-0.25, -0.2) is 4.98 Å². The maximum Gasteiger partial charge on any atom is 0.123 e. The fourth-order valence-electron chi connectivity index (χ4n) is 2.45. The third-order valence-corrected chi connectivity index (χ3v) is 4.45. The molecule has 0 spiro atoms. The molecular weight excluding hydrogens is 202 g/mol. The lowest BCUT2D eigenvalue weighted by Crippen LogP contribution is -1.95. The van der Waals surface area contributed by atoms with Crippen molar-refractivity contribution in [3.8, 4) is 0 Å². The Kier molecular flexibility index (Phi) is 2.45. The molecule has 0 saturated heterocycles. The Hall–Kier alpha value is -0.890. The molecule has 0 atom stereocenters. The molecular formula is C13H15NS. The van der Waals surface area contributed by atoms with Gasteiger partial charge in [0.2, 0.25) is 0 Å². The molecule has 3 rings (SSSR count). The Labute approximate surface area is 94.2 Å². The van der Waals surface area contributed by atoms with Gasteiger partial charge in [0.05, 0.1) is 0 Å². The molecule has 15 heavy (non-hydrogen) atoms. The highest BCUT2D eigenvalue weighted by Crippen LogP contribution is 2.33. The predicted octanol–water partition coefficient (Wildman–Crippen LogP) is 3.96. The molecule has 2 aromatic rings. The van der Waals surface area contributed by atoms with Gasteiger partial charge in [0.1, 0.15) is 4.83 Å². The van der Waals surface area contributed by atoms with Crippen LogP contribution in [0.4, 0.5) is 0 Å². The van der Waals surface area contributed by atoms with Crippen molar-refractivity contribution in [3.63, 3.8) is 0 Å². The highest BCUT2D eigenvalue weighted by molar-refractivity contribution is 7.18. The van der Waals surface area contributed by atoms with E-state index in [1.54, 1.807) is 10.4 Å². The number of hydrogen-bond acceptors (Lipinski definition) is 2. The van der Waals surface area contributed by atoms with Gasteiger partial charge < -0.3 is 0 Å². The molecule has 78 valence electrons. The van der Waals surface area contributed by atoms with Gasteiger partial charge in [-0.1, -0.05) is 18.9 Å². The molecule has 0 saturated carbocycles. The fourth-order valence-corrected chi connectivity index (χ4v) is 3.68. The van der Waals surface area contributed by atoms with Crippen molar-refractivity contribution in [2.24, 2.45) is 0 Å². The summed E-state index contributed by atoms with van der Waals surface area (Å²) in [6, 6.07) is 4.30. The number of fused-ring (bicyclic) bond motifs is 3. The van der Waals surface area contributed by atoms with Crippen LogP contribution in [0.1, 0.15) is 36.1 Å². The van der Waals surface area contributed by atoms with Gasteiger partial charge in [0.25, 0.3) is 0 Å². The second-order valence-electron chi connectivity index (χ2n) is 4.27.